The van der Waals surface area contributed by atoms with Crippen LogP contribution < -0.4 is 10.1 Å². The number of nitrogens with one attached hydrogen (secondary N) is 1. The molecule has 0 saturated carbocycles. The number of hydrogen-bond acceptors (Lipinski definition) is 6. The number of hydrogen-bond donors (Lipinski definition) is 1. The van der Waals surface area contributed by atoms with Gasteiger partial charge in [0.25, 0.3) is 0 Å². The van der Waals surface area contributed by atoms with Gasteiger partial charge in [0.05, 0.1) is 34.9 Å². The summed E-state index contributed by atoms with van der Waals surface area (Å²) in [5, 5.41) is 3.99. The Labute approximate surface area is 199 Å². The number of likely N-dealkylation sites (N-methyl/N-ethyl adjacent to an activating group) is 1. The van der Waals surface area contributed by atoms with Crippen LogP contribution in [0.1, 0.15) is 26.3 Å². The summed E-state index contributed by atoms with van der Waals surface area (Å²) >= 11 is 5.93. The van der Waals surface area contributed by atoms with Crippen LogP contribution in [-0.2, 0) is 4.74 Å². The molecule has 2 aromatic carbocycles. The largest absolute Gasteiger partial charge is 0.492 e. The van der Waals surface area contributed by atoms with E-state index >= 15 is 0 Å². The van der Waals surface area contributed by atoms with Gasteiger partial charge in [0.1, 0.15) is 23.7 Å². The zero-order valence-corrected chi connectivity index (χ0v) is 20.3. The van der Waals surface area contributed by atoms with Crippen LogP contribution in [0.15, 0.2) is 36.7 Å². The van der Waals surface area contributed by atoms with E-state index in [0.29, 0.717) is 36.0 Å². The second-order valence-corrected chi connectivity index (χ2v) is 8.41. The Hall–Kier alpha value is -2.92. The summed E-state index contributed by atoms with van der Waals surface area (Å²) in [4.78, 5) is 10.9. The van der Waals surface area contributed by atoms with Gasteiger partial charge in [0.15, 0.2) is 0 Å². The van der Waals surface area contributed by atoms with Crippen molar-refractivity contribution >= 4 is 34.0 Å². The lowest BCUT2D eigenvalue weighted by atomic mass is 10.0. The van der Waals surface area contributed by atoms with Crippen molar-refractivity contribution in [3.8, 4) is 17.6 Å². The van der Waals surface area contributed by atoms with Crippen molar-refractivity contribution in [3.05, 3.63) is 53.1 Å². The molecule has 0 bridgehead atoms. The molecule has 0 saturated heterocycles. The van der Waals surface area contributed by atoms with E-state index in [4.69, 9.17) is 21.1 Å². The summed E-state index contributed by atoms with van der Waals surface area (Å²) in [5.74, 6) is 7.37. The average molecular weight is 471 g/mol. The van der Waals surface area contributed by atoms with E-state index in [0.717, 1.165) is 17.5 Å². The third-order valence-electron chi connectivity index (χ3n) is 5.31. The molecule has 0 radical (unpaired) electrons. The van der Waals surface area contributed by atoms with Crippen LogP contribution >= 0.6 is 11.6 Å². The lowest BCUT2D eigenvalue weighted by Crippen LogP contribution is -2.41. The Bertz CT molecular complexity index is 1190. The molecule has 0 unspecified atom stereocenters. The molecule has 1 heterocycles. The zero-order chi connectivity index (χ0) is 24.0. The minimum atomic E-state index is -0.480. The number of aromatic nitrogens is 2. The maximum absolute atomic E-state index is 13.5. The Morgan fingerprint density at radius 2 is 2.00 bits per heavy atom. The van der Waals surface area contributed by atoms with Crippen LogP contribution in [0.25, 0.3) is 10.9 Å². The highest BCUT2D eigenvalue weighted by Gasteiger charge is 2.20. The minimum Gasteiger partial charge on any atom is -0.492 e. The molecule has 33 heavy (non-hydrogen) atoms. The normalized spacial score (nSPS) is 11.4. The van der Waals surface area contributed by atoms with E-state index in [1.807, 2.05) is 26.1 Å². The first-order valence-corrected chi connectivity index (χ1v) is 11.0. The van der Waals surface area contributed by atoms with Crippen molar-refractivity contribution in [2.75, 3.05) is 39.2 Å². The van der Waals surface area contributed by atoms with Crippen molar-refractivity contribution in [1.29, 1.82) is 0 Å². The lowest BCUT2D eigenvalue weighted by Gasteiger charge is -2.30. The van der Waals surface area contributed by atoms with Crippen LogP contribution in [0.4, 0.5) is 15.9 Å². The molecule has 8 heteroatoms. The van der Waals surface area contributed by atoms with Gasteiger partial charge >= 0.3 is 0 Å². The maximum atomic E-state index is 13.5. The number of methoxy groups -OCH3 is 1. The van der Waals surface area contributed by atoms with Gasteiger partial charge in [0, 0.05) is 30.8 Å². The van der Waals surface area contributed by atoms with E-state index in [1.54, 1.807) is 13.2 Å². The summed E-state index contributed by atoms with van der Waals surface area (Å²) in [7, 11) is 3.70. The SMILES string of the molecule is CCOc1cc2ncnc(Nc3ccc(F)c(Cl)c3)c2cc1C#CC(C)(C)N(C)CCOC. The van der Waals surface area contributed by atoms with Crippen LogP contribution in [0, 0.1) is 17.7 Å². The summed E-state index contributed by atoms with van der Waals surface area (Å²) in [6.07, 6.45) is 1.46. The van der Waals surface area contributed by atoms with Gasteiger partial charge in [-0.1, -0.05) is 23.4 Å². The second-order valence-electron chi connectivity index (χ2n) is 8.00. The first-order chi connectivity index (χ1) is 15.7. The molecular weight excluding hydrogens is 443 g/mol. The fraction of sp³-hybridized carbons (Fsp3) is 0.360. The van der Waals surface area contributed by atoms with E-state index < -0.39 is 5.82 Å². The van der Waals surface area contributed by atoms with Crippen LogP contribution in [0.5, 0.6) is 5.75 Å². The summed E-state index contributed by atoms with van der Waals surface area (Å²) < 4.78 is 24.6. The first kappa shape index (κ1) is 24.7. The minimum absolute atomic E-state index is 0.0309. The number of rotatable bonds is 8. The molecule has 3 aromatic rings. The molecule has 0 aliphatic rings. The molecule has 0 fully saturated rings. The van der Waals surface area contributed by atoms with Gasteiger partial charge < -0.3 is 14.8 Å². The Morgan fingerprint density at radius 1 is 1.21 bits per heavy atom. The number of anilines is 2. The van der Waals surface area contributed by atoms with Gasteiger partial charge in [-0.25, -0.2) is 14.4 Å². The molecule has 0 amide bonds. The van der Waals surface area contributed by atoms with Crippen LogP contribution in [-0.4, -0.2) is 54.3 Å². The maximum Gasteiger partial charge on any atom is 0.141 e. The van der Waals surface area contributed by atoms with Crippen LogP contribution in [0.3, 0.4) is 0 Å². The fourth-order valence-corrected chi connectivity index (χ4v) is 3.27. The predicted octanol–water partition coefficient (Wildman–Crippen LogP) is 5.27. The number of fused-ring (bicyclic) bond motifs is 1. The second kappa shape index (κ2) is 10.8. The van der Waals surface area contributed by atoms with Gasteiger partial charge in [-0.3, -0.25) is 4.90 Å². The van der Waals surface area contributed by atoms with Crippen molar-refractivity contribution in [2.24, 2.45) is 0 Å². The van der Waals surface area contributed by atoms with Gasteiger partial charge in [-0.15, -0.1) is 0 Å². The van der Waals surface area contributed by atoms with Crippen molar-refractivity contribution in [1.82, 2.24) is 14.9 Å². The van der Waals surface area contributed by atoms with Gasteiger partial charge in [0.2, 0.25) is 0 Å². The third-order valence-corrected chi connectivity index (χ3v) is 5.60. The van der Waals surface area contributed by atoms with E-state index in [1.165, 1.54) is 18.5 Å². The Balaban J connectivity index is 2.03. The lowest BCUT2D eigenvalue weighted by molar-refractivity contribution is 0.127. The van der Waals surface area contributed by atoms with Crippen molar-refractivity contribution < 1.29 is 13.9 Å². The monoisotopic (exact) mass is 470 g/mol. The average Bonchev–Trinajstić information content (AvgIpc) is 2.79. The standard InChI is InChI=1S/C25H28ClFN4O2/c1-6-33-23-15-22-19(13-17(23)9-10-25(2,3)31(4)11-12-32-5)24(29-16-28-22)30-18-7-8-21(27)20(26)14-18/h7-8,13-16H,6,11-12H2,1-5H3,(H,28,29,30). The van der Waals surface area contributed by atoms with Crippen LogP contribution in [0.2, 0.25) is 5.02 Å². The molecule has 0 spiro atoms. The van der Waals surface area contributed by atoms with E-state index in [2.05, 4.69) is 45.9 Å². The Kier molecular flexibility index (Phi) is 8.09. The summed E-state index contributed by atoms with van der Waals surface area (Å²) in [5.41, 5.74) is 1.67. The molecule has 0 aliphatic carbocycles. The molecule has 174 valence electrons. The molecule has 0 aliphatic heterocycles. The topological polar surface area (TPSA) is 59.5 Å². The molecule has 1 N–H and O–H groups in total. The quantitative estimate of drug-likeness (QED) is 0.452. The predicted molar refractivity (Wildman–Crippen MR) is 131 cm³/mol. The van der Waals surface area contributed by atoms with Crippen molar-refractivity contribution in [3.63, 3.8) is 0 Å². The van der Waals surface area contributed by atoms with E-state index in [-0.39, 0.29) is 10.6 Å². The zero-order valence-electron chi connectivity index (χ0n) is 19.5. The van der Waals surface area contributed by atoms with E-state index in [9.17, 15) is 4.39 Å². The fourth-order valence-electron chi connectivity index (χ4n) is 3.09. The highest BCUT2D eigenvalue weighted by molar-refractivity contribution is 6.31. The van der Waals surface area contributed by atoms with Gasteiger partial charge in [-0.2, -0.15) is 0 Å². The highest BCUT2D eigenvalue weighted by Crippen LogP contribution is 2.30. The van der Waals surface area contributed by atoms with Gasteiger partial charge in [-0.05, 0) is 52.1 Å². The molecule has 3 rings (SSSR count). The molecular formula is C25H28ClFN4O2. The first-order valence-electron chi connectivity index (χ1n) is 10.6. The highest BCUT2D eigenvalue weighted by atomic mass is 35.5. The smallest absolute Gasteiger partial charge is 0.141 e. The summed E-state index contributed by atoms with van der Waals surface area (Å²) in [6.45, 7) is 7.94. The Morgan fingerprint density at radius 3 is 2.70 bits per heavy atom. The molecule has 1 aromatic heterocycles. The number of ether oxygens (including phenoxy) is 2. The summed E-state index contributed by atoms with van der Waals surface area (Å²) in [6, 6.07) is 8.18. The molecule has 0 atom stereocenters. The number of nitrogens with zero attached hydrogens (tertiary/aromatic N) is 3. The number of benzene rings is 2. The molecule has 6 nitrogen and oxygen atoms in total. The van der Waals surface area contributed by atoms with Crippen molar-refractivity contribution in [2.45, 2.75) is 26.3 Å². The third kappa shape index (κ3) is 6.11. The number of halogens is 2.